The molecule has 0 aliphatic rings. The maximum Gasteiger partial charge on any atom is 0.217 e. The van der Waals surface area contributed by atoms with E-state index in [0.29, 0.717) is 5.56 Å². The summed E-state index contributed by atoms with van der Waals surface area (Å²) in [5.74, 6) is 0. The van der Waals surface area contributed by atoms with Crippen molar-refractivity contribution in [2.45, 2.75) is 34.1 Å². The molecule has 178 valence electrons. The molecule has 0 unspecified atom stereocenters. The Morgan fingerprint density at radius 1 is 0.889 bits per heavy atom. The molecule has 36 heavy (non-hydrogen) atoms. The van der Waals surface area contributed by atoms with Gasteiger partial charge in [-0.3, -0.25) is 4.98 Å². The van der Waals surface area contributed by atoms with E-state index in [0.717, 1.165) is 60.8 Å². The molecule has 0 atom stereocenters. The molecule has 0 amide bonds. The van der Waals surface area contributed by atoms with E-state index in [2.05, 4.69) is 71.1 Å². The van der Waals surface area contributed by atoms with Crippen molar-refractivity contribution in [1.29, 1.82) is 0 Å². The van der Waals surface area contributed by atoms with E-state index in [1.807, 2.05) is 52.2 Å². The number of furan rings is 1. The fourth-order valence-electron chi connectivity index (χ4n) is 5.03. The zero-order chi connectivity index (χ0) is 26.8. The fourth-order valence-corrected chi connectivity index (χ4v) is 5.03. The van der Waals surface area contributed by atoms with Crippen molar-refractivity contribution in [3.05, 3.63) is 96.3 Å². The van der Waals surface area contributed by atoms with Gasteiger partial charge < -0.3 is 4.42 Å². The molecule has 3 aromatic heterocycles. The van der Waals surface area contributed by atoms with Crippen LogP contribution in [0, 0.1) is 12.3 Å². The molecular formula is C33H31N2O+. The van der Waals surface area contributed by atoms with Gasteiger partial charge in [-0.1, -0.05) is 69.3 Å². The molecule has 0 aliphatic heterocycles. The molecule has 6 rings (SSSR count). The summed E-state index contributed by atoms with van der Waals surface area (Å²) in [6.45, 7) is 7.85. The van der Waals surface area contributed by atoms with Crippen LogP contribution in [0.3, 0.4) is 0 Å². The van der Waals surface area contributed by atoms with Gasteiger partial charge in [0.05, 0.1) is 11.3 Å². The highest BCUT2D eigenvalue weighted by Crippen LogP contribution is 2.40. The second-order valence-electron chi connectivity index (χ2n) is 10.6. The second kappa shape index (κ2) is 8.30. The summed E-state index contributed by atoms with van der Waals surface area (Å²) >= 11 is 0. The van der Waals surface area contributed by atoms with Gasteiger partial charge in [0.2, 0.25) is 5.69 Å². The monoisotopic (exact) mass is 473 g/mol. The van der Waals surface area contributed by atoms with E-state index in [9.17, 15) is 0 Å². The number of rotatable bonds is 3. The Kier molecular flexibility index (Phi) is 4.67. The molecule has 0 fully saturated rings. The minimum absolute atomic E-state index is 0.530. The number of hydrogen-bond acceptors (Lipinski definition) is 2. The molecule has 6 aromatic rings. The Morgan fingerprint density at radius 3 is 2.44 bits per heavy atom. The van der Waals surface area contributed by atoms with Gasteiger partial charge in [-0.05, 0) is 47.4 Å². The van der Waals surface area contributed by atoms with Crippen molar-refractivity contribution in [2.75, 3.05) is 0 Å². The third-order valence-corrected chi connectivity index (χ3v) is 6.72. The maximum atomic E-state index is 8.58. The van der Waals surface area contributed by atoms with Gasteiger partial charge in [0.1, 0.15) is 18.2 Å². The Bertz CT molecular complexity index is 1840. The van der Waals surface area contributed by atoms with Crippen LogP contribution < -0.4 is 4.57 Å². The zero-order valence-electron chi connectivity index (χ0n) is 23.4. The lowest BCUT2D eigenvalue weighted by Gasteiger charge is -2.17. The molecule has 3 heteroatoms. The topological polar surface area (TPSA) is 29.9 Å². The number of aromatic nitrogens is 2. The summed E-state index contributed by atoms with van der Waals surface area (Å²) in [5, 5.41) is 4.49. The predicted octanol–water partition coefficient (Wildman–Crippen LogP) is 8.19. The van der Waals surface area contributed by atoms with E-state index in [1.54, 1.807) is 6.20 Å². The molecule has 0 radical (unpaired) electrons. The van der Waals surface area contributed by atoms with Crippen molar-refractivity contribution >= 4 is 32.7 Å². The third-order valence-electron chi connectivity index (χ3n) is 6.72. The van der Waals surface area contributed by atoms with E-state index in [4.69, 9.17) is 7.16 Å². The van der Waals surface area contributed by atoms with Gasteiger partial charge in [0, 0.05) is 42.8 Å². The summed E-state index contributed by atoms with van der Waals surface area (Å²) < 4.78 is 25.9. The molecule has 0 saturated carbocycles. The largest absolute Gasteiger partial charge is 0.454 e. The molecule has 0 N–H and O–H groups in total. The lowest BCUT2D eigenvalue weighted by molar-refractivity contribution is -0.660. The Hall–Kier alpha value is -3.98. The van der Waals surface area contributed by atoms with E-state index < -0.39 is 11.8 Å². The SMILES string of the molecule is [2H]C([2H])(c1ccc(-c2cc[n+](C)c(-c3c(C)ccc4c3oc3c5ccccc5ccc43)c2)nc1)C(C)(C)C. The molecule has 0 saturated heterocycles. The van der Waals surface area contributed by atoms with Crippen LogP contribution in [-0.2, 0) is 13.4 Å². The molecule has 3 heterocycles. The van der Waals surface area contributed by atoms with Gasteiger partial charge in [-0.15, -0.1) is 0 Å². The first-order chi connectivity index (χ1) is 18.1. The minimum Gasteiger partial charge on any atom is -0.454 e. The van der Waals surface area contributed by atoms with Gasteiger partial charge in [-0.25, -0.2) is 4.57 Å². The van der Waals surface area contributed by atoms with Crippen LogP contribution in [0.15, 0.2) is 89.6 Å². The summed E-state index contributed by atoms with van der Waals surface area (Å²) in [5.41, 5.74) is 6.86. The van der Waals surface area contributed by atoms with Crippen molar-refractivity contribution in [3.63, 3.8) is 0 Å². The average molecular weight is 474 g/mol. The zero-order valence-corrected chi connectivity index (χ0v) is 21.4. The highest BCUT2D eigenvalue weighted by molar-refractivity contribution is 6.17. The lowest BCUT2D eigenvalue weighted by atomic mass is 9.89. The Morgan fingerprint density at radius 2 is 1.67 bits per heavy atom. The number of nitrogens with zero attached hydrogens (tertiary/aromatic N) is 2. The highest BCUT2D eigenvalue weighted by Gasteiger charge is 2.22. The van der Waals surface area contributed by atoms with Crippen LogP contribution in [0.2, 0.25) is 0 Å². The van der Waals surface area contributed by atoms with Gasteiger partial charge >= 0.3 is 0 Å². The molecule has 3 aromatic carbocycles. The third kappa shape index (κ3) is 3.85. The number of pyridine rings is 2. The quantitative estimate of drug-likeness (QED) is 0.243. The number of aryl methyl sites for hydroxylation is 2. The predicted molar refractivity (Wildman–Crippen MR) is 149 cm³/mol. The van der Waals surface area contributed by atoms with Crippen LogP contribution in [0.5, 0.6) is 0 Å². The van der Waals surface area contributed by atoms with Crippen molar-refractivity contribution < 1.29 is 11.7 Å². The molecular weight excluding hydrogens is 440 g/mol. The summed E-state index contributed by atoms with van der Waals surface area (Å²) in [4.78, 5) is 4.67. The van der Waals surface area contributed by atoms with Gasteiger partial charge in [-0.2, -0.15) is 0 Å². The van der Waals surface area contributed by atoms with Crippen LogP contribution in [-0.4, -0.2) is 4.98 Å². The average Bonchev–Trinajstić information content (AvgIpc) is 3.28. The first kappa shape index (κ1) is 20.2. The van der Waals surface area contributed by atoms with Crippen molar-refractivity contribution in [1.82, 2.24) is 4.98 Å². The van der Waals surface area contributed by atoms with Crippen molar-refractivity contribution in [2.24, 2.45) is 12.5 Å². The Labute approximate surface area is 214 Å². The van der Waals surface area contributed by atoms with Gasteiger partial charge in [0.25, 0.3) is 0 Å². The molecule has 3 nitrogen and oxygen atoms in total. The van der Waals surface area contributed by atoms with Crippen LogP contribution in [0.25, 0.3) is 55.2 Å². The van der Waals surface area contributed by atoms with Gasteiger partial charge in [0.15, 0.2) is 6.20 Å². The first-order valence-electron chi connectivity index (χ1n) is 13.4. The van der Waals surface area contributed by atoms with E-state index in [1.165, 1.54) is 0 Å². The fraction of sp³-hybridized carbons (Fsp3) is 0.212. The molecule has 0 spiro atoms. The second-order valence-corrected chi connectivity index (χ2v) is 10.6. The summed E-state index contributed by atoms with van der Waals surface area (Å²) in [6.07, 6.45) is 2.24. The van der Waals surface area contributed by atoms with Crippen molar-refractivity contribution in [3.8, 4) is 22.5 Å². The molecule has 0 aliphatic carbocycles. The molecule has 0 bridgehead atoms. The number of hydrogen-bond donors (Lipinski definition) is 0. The Balaban J connectivity index is 1.51. The maximum absolute atomic E-state index is 8.58. The van der Waals surface area contributed by atoms with Crippen LogP contribution in [0.4, 0.5) is 0 Å². The number of benzene rings is 3. The van der Waals surface area contributed by atoms with E-state index >= 15 is 0 Å². The smallest absolute Gasteiger partial charge is 0.217 e. The van der Waals surface area contributed by atoms with Crippen LogP contribution in [0.1, 0.15) is 34.6 Å². The van der Waals surface area contributed by atoms with Crippen LogP contribution >= 0.6 is 0 Å². The first-order valence-corrected chi connectivity index (χ1v) is 12.4. The normalized spacial score (nSPS) is 13.4. The standard InChI is InChI=1S/C33H31N2O/c1-21-10-13-27-26-14-12-23-8-6-7-9-25(23)31(26)36-32(27)30(21)29-18-24(16-17-35(29)5)28-15-11-22(20-34-28)19-33(2,3)4/h6-18,20H,19H2,1-5H3/q+1/i19D2. The summed E-state index contributed by atoms with van der Waals surface area (Å²) in [6, 6.07) is 24.9. The van der Waals surface area contributed by atoms with E-state index in [-0.39, 0.29) is 0 Å². The summed E-state index contributed by atoms with van der Waals surface area (Å²) in [7, 11) is 2.05. The number of fused-ring (bicyclic) bond motifs is 5. The lowest BCUT2D eigenvalue weighted by Crippen LogP contribution is -2.30. The minimum atomic E-state index is -1.48. The highest BCUT2D eigenvalue weighted by atomic mass is 16.3.